The van der Waals surface area contributed by atoms with Crippen molar-refractivity contribution in [3.63, 3.8) is 0 Å². The molecular weight excluding hydrogens is 286 g/mol. The van der Waals surface area contributed by atoms with Crippen LogP contribution in [0.4, 0.5) is 0 Å². The summed E-state index contributed by atoms with van der Waals surface area (Å²) in [6.45, 7) is 2.94. The smallest absolute Gasteiger partial charge is 0.243 e. The van der Waals surface area contributed by atoms with Crippen LogP contribution in [0.2, 0.25) is 0 Å². The maximum absolute atomic E-state index is 5.37. The number of aryl methyl sites for hydroxylation is 1. The molecule has 1 aromatic heterocycles. The molecular formula is C15H19N3O2S. The number of ether oxygens (including phenoxy) is 1. The zero-order valence-corrected chi connectivity index (χ0v) is 13.0. The van der Waals surface area contributed by atoms with Crippen LogP contribution in [-0.4, -0.2) is 29.9 Å². The molecule has 0 aliphatic carbocycles. The van der Waals surface area contributed by atoms with Gasteiger partial charge in [-0.3, -0.25) is 0 Å². The largest absolute Gasteiger partial charge is 0.380 e. The average molecular weight is 305 g/mol. The minimum absolute atomic E-state index is 0.111. The Kier molecular flexibility index (Phi) is 4.57. The van der Waals surface area contributed by atoms with Gasteiger partial charge in [-0.05, 0) is 25.0 Å². The highest BCUT2D eigenvalue weighted by atomic mass is 32.2. The van der Waals surface area contributed by atoms with Gasteiger partial charge in [0.15, 0.2) is 5.82 Å². The van der Waals surface area contributed by atoms with E-state index >= 15 is 0 Å². The van der Waals surface area contributed by atoms with Crippen LogP contribution in [0.25, 0.3) is 0 Å². The summed E-state index contributed by atoms with van der Waals surface area (Å²) < 4.78 is 10.7. The quantitative estimate of drug-likeness (QED) is 0.857. The maximum atomic E-state index is 5.37. The van der Waals surface area contributed by atoms with Crippen LogP contribution in [0.5, 0.6) is 0 Å². The van der Waals surface area contributed by atoms with Gasteiger partial charge in [0, 0.05) is 18.6 Å². The van der Waals surface area contributed by atoms with Gasteiger partial charge in [0.2, 0.25) is 5.89 Å². The van der Waals surface area contributed by atoms with Gasteiger partial charge in [0.1, 0.15) is 0 Å². The molecule has 1 fully saturated rings. The Bertz CT molecular complexity index is 602. The van der Waals surface area contributed by atoms with Crippen molar-refractivity contribution in [1.29, 1.82) is 0 Å². The van der Waals surface area contributed by atoms with Crippen LogP contribution < -0.4 is 5.32 Å². The Morgan fingerprint density at radius 1 is 1.43 bits per heavy atom. The van der Waals surface area contributed by atoms with Crippen molar-refractivity contribution in [3.05, 3.63) is 41.5 Å². The molecule has 1 aromatic carbocycles. The highest BCUT2D eigenvalue weighted by Crippen LogP contribution is 2.27. The highest BCUT2D eigenvalue weighted by Gasteiger charge is 2.29. The summed E-state index contributed by atoms with van der Waals surface area (Å²) in [6.07, 6.45) is 1.11. The fourth-order valence-corrected chi connectivity index (χ4v) is 3.27. The fraction of sp³-hybridized carbons (Fsp3) is 0.467. The first-order chi connectivity index (χ1) is 10.3. The Morgan fingerprint density at radius 2 is 2.29 bits per heavy atom. The monoisotopic (exact) mass is 305 g/mol. The standard InChI is InChI=1S/C15H19N3O2S/c1-10-5-3-4-6-13(10)21-9-14-17-15(20-18-14)12-7-11(19-2)8-16-12/h3-6,11-12,16H,7-9H2,1-2H3/t11-,12+/m0/s1. The second kappa shape index (κ2) is 6.60. The van der Waals surface area contributed by atoms with E-state index in [9.17, 15) is 0 Å². The molecule has 0 unspecified atom stereocenters. The number of rotatable bonds is 5. The van der Waals surface area contributed by atoms with Gasteiger partial charge < -0.3 is 14.6 Å². The van der Waals surface area contributed by atoms with Crippen molar-refractivity contribution in [2.75, 3.05) is 13.7 Å². The van der Waals surface area contributed by atoms with E-state index in [1.54, 1.807) is 18.9 Å². The van der Waals surface area contributed by atoms with Crippen molar-refractivity contribution >= 4 is 11.8 Å². The molecule has 0 bridgehead atoms. The molecule has 0 radical (unpaired) electrons. The van der Waals surface area contributed by atoms with Gasteiger partial charge in [-0.1, -0.05) is 23.4 Å². The Labute approximate surface area is 128 Å². The third kappa shape index (κ3) is 3.45. The summed E-state index contributed by atoms with van der Waals surface area (Å²) in [5, 5.41) is 7.41. The topological polar surface area (TPSA) is 60.2 Å². The van der Waals surface area contributed by atoms with Crippen molar-refractivity contribution in [2.45, 2.75) is 36.1 Å². The maximum Gasteiger partial charge on any atom is 0.243 e. The number of thioether (sulfide) groups is 1. The summed E-state index contributed by atoms with van der Waals surface area (Å²) in [4.78, 5) is 5.74. The van der Waals surface area contributed by atoms with Crippen LogP contribution >= 0.6 is 11.8 Å². The van der Waals surface area contributed by atoms with E-state index in [4.69, 9.17) is 9.26 Å². The minimum atomic E-state index is 0.111. The van der Waals surface area contributed by atoms with Crippen molar-refractivity contribution in [2.24, 2.45) is 0 Å². The van der Waals surface area contributed by atoms with Gasteiger partial charge in [-0.15, -0.1) is 11.8 Å². The molecule has 1 aliphatic rings. The van der Waals surface area contributed by atoms with E-state index in [2.05, 4.69) is 34.5 Å². The lowest BCUT2D eigenvalue weighted by atomic mass is 10.2. The fourth-order valence-electron chi connectivity index (χ4n) is 2.40. The number of benzene rings is 1. The van der Waals surface area contributed by atoms with Gasteiger partial charge in [0.25, 0.3) is 0 Å². The summed E-state index contributed by atoms with van der Waals surface area (Å²) in [5.74, 6) is 2.12. The molecule has 0 saturated carbocycles. The molecule has 21 heavy (non-hydrogen) atoms. The predicted octanol–water partition coefficient (Wildman–Crippen LogP) is 2.72. The van der Waals surface area contributed by atoms with Gasteiger partial charge in [0.05, 0.1) is 17.9 Å². The Morgan fingerprint density at radius 3 is 3.05 bits per heavy atom. The first kappa shape index (κ1) is 14.6. The van der Waals surface area contributed by atoms with Crippen LogP contribution in [0.15, 0.2) is 33.7 Å². The SMILES string of the molecule is CO[C@@H]1CN[C@@H](c2nc(CSc3ccccc3C)no2)C1. The number of methoxy groups -OCH3 is 1. The van der Waals surface area contributed by atoms with E-state index in [1.807, 2.05) is 12.1 Å². The molecule has 1 N–H and O–H groups in total. The summed E-state index contributed by atoms with van der Waals surface area (Å²) >= 11 is 1.73. The summed E-state index contributed by atoms with van der Waals surface area (Å²) in [5.41, 5.74) is 1.27. The lowest BCUT2D eigenvalue weighted by Crippen LogP contribution is -2.16. The van der Waals surface area contributed by atoms with E-state index < -0.39 is 0 Å². The molecule has 0 spiro atoms. The third-order valence-electron chi connectivity index (χ3n) is 3.66. The minimum Gasteiger partial charge on any atom is -0.380 e. The average Bonchev–Trinajstić information content (AvgIpc) is 3.15. The van der Waals surface area contributed by atoms with E-state index in [1.165, 1.54) is 10.5 Å². The van der Waals surface area contributed by atoms with E-state index in [-0.39, 0.29) is 12.1 Å². The number of hydrogen-bond acceptors (Lipinski definition) is 6. The Balaban J connectivity index is 1.60. The lowest BCUT2D eigenvalue weighted by Gasteiger charge is -2.04. The number of nitrogens with one attached hydrogen (secondary N) is 1. The van der Waals surface area contributed by atoms with Crippen molar-refractivity contribution in [3.8, 4) is 0 Å². The van der Waals surface area contributed by atoms with Gasteiger partial charge in [-0.25, -0.2) is 0 Å². The number of hydrogen-bond donors (Lipinski definition) is 1. The first-order valence-electron chi connectivity index (χ1n) is 7.03. The van der Waals surface area contributed by atoms with Crippen molar-refractivity contribution < 1.29 is 9.26 Å². The molecule has 112 valence electrons. The van der Waals surface area contributed by atoms with Gasteiger partial charge >= 0.3 is 0 Å². The lowest BCUT2D eigenvalue weighted by molar-refractivity contribution is 0.116. The summed E-state index contributed by atoms with van der Waals surface area (Å²) in [7, 11) is 1.73. The molecule has 0 amide bonds. The molecule has 3 rings (SSSR count). The van der Waals surface area contributed by atoms with E-state index in [0.29, 0.717) is 5.89 Å². The molecule has 1 aliphatic heterocycles. The first-order valence-corrected chi connectivity index (χ1v) is 8.02. The van der Waals surface area contributed by atoms with Crippen LogP contribution in [0.3, 0.4) is 0 Å². The number of aromatic nitrogens is 2. The van der Waals surface area contributed by atoms with Crippen LogP contribution in [0, 0.1) is 6.92 Å². The highest BCUT2D eigenvalue weighted by molar-refractivity contribution is 7.98. The molecule has 1 saturated heterocycles. The molecule has 5 nitrogen and oxygen atoms in total. The molecule has 2 atom stereocenters. The zero-order chi connectivity index (χ0) is 14.7. The Hall–Kier alpha value is -1.37. The molecule has 2 aromatic rings. The molecule has 2 heterocycles. The second-order valence-corrected chi connectivity index (χ2v) is 6.17. The third-order valence-corrected chi connectivity index (χ3v) is 4.83. The normalized spacial score (nSPS) is 21.8. The van der Waals surface area contributed by atoms with Crippen molar-refractivity contribution in [1.82, 2.24) is 15.5 Å². The van der Waals surface area contributed by atoms with E-state index in [0.717, 1.165) is 24.5 Å². The summed E-state index contributed by atoms with van der Waals surface area (Å²) in [6, 6.07) is 8.42. The van der Waals surface area contributed by atoms with Gasteiger partial charge in [-0.2, -0.15) is 4.98 Å². The number of nitrogens with zero attached hydrogens (tertiary/aromatic N) is 2. The molecule has 6 heteroatoms. The zero-order valence-electron chi connectivity index (χ0n) is 12.2. The van der Waals surface area contributed by atoms with Crippen LogP contribution in [-0.2, 0) is 10.5 Å². The second-order valence-electron chi connectivity index (χ2n) is 5.16. The van der Waals surface area contributed by atoms with Crippen LogP contribution in [0.1, 0.15) is 29.7 Å². The predicted molar refractivity (Wildman–Crippen MR) is 81.2 cm³/mol.